The van der Waals surface area contributed by atoms with Gasteiger partial charge >= 0.3 is 0 Å². The maximum atomic E-state index is 13.3. The summed E-state index contributed by atoms with van der Waals surface area (Å²) in [4.78, 5) is 49.4. The van der Waals surface area contributed by atoms with E-state index in [1.165, 1.54) is 16.7 Å². The second kappa shape index (κ2) is 10.6. The van der Waals surface area contributed by atoms with Gasteiger partial charge in [0.25, 0.3) is 11.8 Å². The number of carbonyl (C=O) groups excluding carboxylic acids is 3. The van der Waals surface area contributed by atoms with Crippen molar-refractivity contribution in [1.29, 1.82) is 0 Å². The average molecular weight is 523 g/mol. The van der Waals surface area contributed by atoms with Crippen LogP contribution in [0.5, 0.6) is 0 Å². The summed E-state index contributed by atoms with van der Waals surface area (Å²) in [6.45, 7) is 0.307. The zero-order chi connectivity index (χ0) is 25.9. The smallest absolute Gasteiger partial charge is 0.276 e. The van der Waals surface area contributed by atoms with Crippen LogP contribution in [0.3, 0.4) is 0 Å². The Balaban J connectivity index is 1.35. The zero-order valence-electron chi connectivity index (χ0n) is 19.9. The monoisotopic (exact) mass is 522 g/mol. The van der Waals surface area contributed by atoms with Gasteiger partial charge in [-0.15, -0.1) is 11.8 Å². The summed E-state index contributed by atoms with van der Waals surface area (Å²) in [6, 6.07) is 9.41. The number of β-lactam (4-membered cyclic amide) rings is 1. The van der Waals surface area contributed by atoms with E-state index in [0.29, 0.717) is 17.9 Å². The minimum atomic E-state index is -1.42. The Labute approximate surface area is 217 Å². The number of hydrogen-bond donors (Lipinski definition) is 2. The van der Waals surface area contributed by atoms with Crippen molar-refractivity contribution in [3.8, 4) is 0 Å². The van der Waals surface area contributed by atoms with Crippen LogP contribution >= 0.6 is 11.8 Å². The number of fused-ring (bicyclic) bond motifs is 1. The Morgan fingerprint density at radius 1 is 1.22 bits per heavy atom. The lowest BCUT2D eigenvalue weighted by molar-refractivity contribution is -0.689. The number of carboxylic acids is 1. The van der Waals surface area contributed by atoms with Crippen LogP contribution in [0, 0.1) is 0 Å². The van der Waals surface area contributed by atoms with Gasteiger partial charge in [0.05, 0.1) is 11.7 Å². The molecule has 2 aromatic heterocycles. The van der Waals surface area contributed by atoms with Crippen LogP contribution in [0.15, 0.2) is 65.2 Å². The molecule has 2 aromatic rings. The summed E-state index contributed by atoms with van der Waals surface area (Å²) < 4.78 is 1.83. The number of aromatic nitrogens is 2. The molecule has 0 radical (unpaired) electrons. The molecular formula is C25H26N6O5S. The molecule has 4 heterocycles. The first kappa shape index (κ1) is 24.8. The normalized spacial score (nSPS) is 21.9. The summed E-state index contributed by atoms with van der Waals surface area (Å²) in [7, 11) is 0. The molecule has 0 bridgehead atoms. The van der Waals surface area contributed by atoms with Gasteiger partial charge in [-0.3, -0.25) is 14.5 Å². The summed E-state index contributed by atoms with van der Waals surface area (Å²) in [5, 5.41) is 18.2. The summed E-state index contributed by atoms with van der Waals surface area (Å²) >= 11 is 1.38. The number of oxime groups is 1. The molecule has 0 spiro atoms. The highest BCUT2D eigenvalue weighted by Gasteiger charge is 2.53. The minimum Gasteiger partial charge on any atom is -0.543 e. The molecule has 2 aliphatic heterocycles. The van der Waals surface area contributed by atoms with Gasteiger partial charge in [-0.25, -0.2) is 9.55 Å². The molecule has 12 heteroatoms. The Kier molecular flexibility index (Phi) is 7.08. The molecule has 2 atom stereocenters. The SMILES string of the molecule is Nc1cccc(/C(=N/OC2CCCC2)C(=O)NC2C(=O)N3C(C(=O)[O-])=C(C[n+]4ccccc4)CS[C@@H]23)n1. The Bertz CT molecular complexity index is 1280. The molecule has 192 valence electrons. The van der Waals surface area contributed by atoms with Crippen molar-refractivity contribution in [3.63, 3.8) is 0 Å². The van der Waals surface area contributed by atoms with E-state index >= 15 is 0 Å². The predicted molar refractivity (Wildman–Crippen MR) is 132 cm³/mol. The molecule has 3 aliphatic rings. The average Bonchev–Trinajstić information content (AvgIpc) is 3.41. The molecule has 3 N–H and O–H groups in total. The van der Waals surface area contributed by atoms with Crippen molar-refractivity contribution >= 4 is 41.1 Å². The first-order valence-electron chi connectivity index (χ1n) is 12.0. The zero-order valence-corrected chi connectivity index (χ0v) is 20.7. The number of carbonyl (C=O) groups is 3. The summed E-state index contributed by atoms with van der Waals surface area (Å²) in [5.74, 6) is -2.03. The maximum Gasteiger partial charge on any atom is 0.276 e. The van der Waals surface area contributed by atoms with Crippen molar-refractivity contribution in [3.05, 3.63) is 65.8 Å². The van der Waals surface area contributed by atoms with Crippen LogP contribution in [0.1, 0.15) is 31.4 Å². The number of thioether (sulfide) groups is 1. The van der Waals surface area contributed by atoms with E-state index in [-0.39, 0.29) is 29.0 Å². The van der Waals surface area contributed by atoms with E-state index in [0.717, 1.165) is 25.7 Å². The van der Waals surface area contributed by atoms with Gasteiger partial charge < -0.3 is 25.8 Å². The number of aliphatic carboxylic acids is 1. The minimum absolute atomic E-state index is 0.0877. The predicted octanol–water partition coefficient (Wildman–Crippen LogP) is -0.281. The third-order valence-corrected chi connectivity index (χ3v) is 7.84. The van der Waals surface area contributed by atoms with E-state index < -0.39 is 29.2 Å². The first-order chi connectivity index (χ1) is 17.9. The van der Waals surface area contributed by atoms with Crippen LogP contribution in [0.4, 0.5) is 5.82 Å². The van der Waals surface area contributed by atoms with Crippen molar-refractivity contribution in [2.24, 2.45) is 5.16 Å². The van der Waals surface area contributed by atoms with Gasteiger partial charge in [0.1, 0.15) is 29.0 Å². The fourth-order valence-electron chi connectivity index (χ4n) is 4.67. The largest absolute Gasteiger partial charge is 0.543 e. The second-order valence-electron chi connectivity index (χ2n) is 9.05. The molecule has 5 rings (SSSR count). The lowest BCUT2D eigenvalue weighted by Crippen LogP contribution is -2.71. The van der Waals surface area contributed by atoms with Gasteiger partial charge in [-0.2, -0.15) is 0 Å². The highest BCUT2D eigenvalue weighted by molar-refractivity contribution is 8.00. The Morgan fingerprint density at radius 3 is 2.68 bits per heavy atom. The molecule has 0 aromatic carbocycles. The van der Waals surface area contributed by atoms with Crippen LogP contribution in [0.2, 0.25) is 0 Å². The second-order valence-corrected chi connectivity index (χ2v) is 10.2. The highest BCUT2D eigenvalue weighted by atomic mass is 32.2. The molecule has 1 saturated carbocycles. The van der Waals surface area contributed by atoms with E-state index in [4.69, 9.17) is 10.6 Å². The van der Waals surface area contributed by atoms with Crippen LogP contribution in [0.25, 0.3) is 0 Å². The molecule has 2 fully saturated rings. The number of nitrogens with zero attached hydrogens (tertiary/aromatic N) is 4. The topological polar surface area (TPSA) is 154 Å². The van der Waals surface area contributed by atoms with Crippen molar-refractivity contribution in [1.82, 2.24) is 15.2 Å². The van der Waals surface area contributed by atoms with Crippen molar-refractivity contribution in [2.45, 2.75) is 49.7 Å². The summed E-state index contributed by atoms with van der Waals surface area (Å²) in [6.07, 6.45) is 7.30. The number of nitrogen functional groups attached to an aromatic ring is 1. The number of nitrogens with one attached hydrogen (secondary N) is 1. The molecule has 1 unspecified atom stereocenters. The number of anilines is 1. The Hall–Kier alpha value is -3.93. The number of rotatable bonds is 8. The fraction of sp³-hybridized carbons (Fsp3) is 0.360. The molecule has 2 amide bonds. The van der Waals surface area contributed by atoms with Crippen LogP contribution < -0.4 is 20.7 Å². The molecular weight excluding hydrogens is 496 g/mol. The first-order valence-corrected chi connectivity index (χ1v) is 13.1. The van der Waals surface area contributed by atoms with E-state index in [1.54, 1.807) is 18.2 Å². The lowest BCUT2D eigenvalue weighted by atomic mass is 10.0. The lowest BCUT2D eigenvalue weighted by Gasteiger charge is -2.50. The Morgan fingerprint density at radius 2 is 1.97 bits per heavy atom. The number of hydrogen-bond acceptors (Lipinski definition) is 9. The third kappa shape index (κ3) is 5.15. The van der Waals surface area contributed by atoms with E-state index in [1.807, 2.05) is 35.2 Å². The number of pyridine rings is 2. The highest BCUT2D eigenvalue weighted by Crippen LogP contribution is 2.40. The van der Waals surface area contributed by atoms with Gasteiger partial charge in [0.15, 0.2) is 24.7 Å². The standard InChI is InChI=1S/C25H26N6O5S/c26-18-10-6-9-17(27-18)19(29-36-16-7-2-3-8-16)22(32)28-20-23(33)31-21(25(34)35)15(14-37-24(20)31)13-30-11-4-1-5-12-30/h1,4-6,9-12,16,20,24H,2-3,7-8,13-14H2,(H3-,26,27,28,32,34,35)/b29-19-/t20?,24-/m0/s1. The van der Waals surface area contributed by atoms with Gasteiger partial charge in [-0.1, -0.05) is 17.3 Å². The van der Waals surface area contributed by atoms with E-state index in [2.05, 4.69) is 15.5 Å². The molecule has 1 aliphatic carbocycles. The molecule has 1 saturated heterocycles. The maximum absolute atomic E-state index is 13.3. The number of nitrogens with two attached hydrogens (primary N) is 1. The fourth-order valence-corrected chi connectivity index (χ4v) is 6.01. The quantitative estimate of drug-likeness (QED) is 0.208. The van der Waals surface area contributed by atoms with Gasteiger partial charge in [-0.05, 0) is 37.8 Å². The third-order valence-electron chi connectivity index (χ3n) is 6.50. The van der Waals surface area contributed by atoms with Crippen LogP contribution in [-0.4, -0.2) is 56.7 Å². The molecule has 37 heavy (non-hydrogen) atoms. The molecule has 11 nitrogen and oxygen atoms in total. The number of amides is 2. The van der Waals surface area contributed by atoms with Gasteiger partial charge in [0.2, 0.25) is 0 Å². The van der Waals surface area contributed by atoms with Crippen molar-refractivity contribution < 1.29 is 28.9 Å². The number of carboxylic acid groups (broad SMARTS) is 1. The van der Waals surface area contributed by atoms with E-state index in [9.17, 15) is 19.5 Å². The van der Waals surface area contributed by atoms with Crippen molar-refractivity contribution in [2.75, 3.05) is 11.5 Å². The van der Waals surface area contributed by atoms with Crippen LogP contribution in [-0.2, 0) is 25.8 Å². The summed E-state index contributed by atoms with van der Waals surface area (Å²) in [5.41, 5.74) is 6.34. The van der Waals surface area contributed by atoms with Gasteiger partial charge in [0, 0.05) is 23.5 Å².